The molecule has 2 aliphatic rings. The monoisotopic (exact) mass is 549 g/mol. The van der Waals surface area contributed by atoms with Gasteiger partial charge < -0.3 is 4.57 Å². The number of nitriles is 2. The molecule has 7 aromatic rings. The van der Waals surface area contributed by atoms with E-state index in [4.69, 9.17) is 0 Å². The zero-order valence-electron chi connectivity index (χ0n) is 22.8. The molecule has 0 amide bonds. The number of rotatable bonds is 1. The SMILES string of the molecule is N#Cc1ccc(-n2c3ccccc3c3cc4c(cc32)C2(c3ccccc3-c3ccccc32)c2ccccc2-4)c(C#N)c1F. The van der Waals surface area contributed by atoms with Crippen molar-refractivity contribution in [2.24, 2.45) is 0 Å². The van der Waals surface area contributed by atoms with Crippen molar-refractivity contribution in [3.63, 3.8) is 0 Å². The van der Waals surface area contributed by atoms with Gasteiger partial charge in [-0.15, -0.1) is 0 Å². The molecule has 0 fully saturated rings. The summed E-state index contributed by atoms with van der Waals surface area (Å²) in [6.07, 6.45) is 0. The molecule has 0 radical (unpaired) electrons. The van der Waals surface area contributed by atoms with Gasteiger partial charge in [0, 0.05) is 10.8 Å². The number of fused-ring (bicyclic) bond motifs is 13. The number of hydrogen-bond acceptors (Lipinski definition) is 2. The van der Waals surface area contributed by atoms with Crippen molar-refractivity contribution in [3.05, 3.63) is 161 Å². The van der Waals surface area contributed by atoms with Crippen LogP contribution in [-0.4, -0.2) is 4.57 Å². The summed E-state index contributed by atoms with van der Waals surface area (Å²) in [4.78, 5) is 0. The van der Waals surface area contributed by atoms with Crippen molar-refractivity contribution < 1.29 is 4.39 Å². The highest BCUT2D eigenvalue weighted by atomic mass is 19.1. The first-order valence-corrected chi connectivity index (χ1v) is 14.2. The molecule has 2 aliphatic carbocycles. The summed E-state index contributed by atoms with van der Waals surface area (Å²) in [7, 11) is 0. The molecule has 1 aromatic heterocycles. The summed E-state index contributed by atoms with van der Waals surface area (Å²) in [6, 6.07) is 45.6. The van der Waals surface area contributed by atoms with Gasteiger partial charge in [0.1, 0.15) is 17.7 Å². The summed E-state index contributed by atoms with van der Waals surface area (Å²) in [6.45, 7) is 0. The molecule has 1 spiro atoms. The molecule has 9 rings (SSSR count). The number of para-hydroxylation sites is 1. The van der Waals surface area contributed by atoms with Crippen LogP contribution in [0.15, 0.2) is 121 Å². The van der Waals surface area contributed by atoms with Crippen LogP contribution in [0.1, 0.15) is 33.4 Å². The van der Waals surface area contributed by atoms with Gasteiger partial charge >= 0.3 is 0 Å². The highest BCUT2D eigenvalue weighted by Crippen LogP contribution is 2.63. The normalized spacial score (nSPS) is 13.4. The Bertz CT molecular complexity index is 2410. The van der Waals surface area contributed by atoms with Crippen molar-refractivity contribution in [2.75, 3.05) is 0 Å². The van der Waals surface area contributed by atoms with Crippen LogP contribution in [0.5, 0.6) is 0 Å². The molecule has 0 bridgehead atoms. The maximum Gasteiger partial charge on any atom is 0.160 e. The first-order chi connectivity index (χ1) is 21.2. The van der Waals surface area contributed by atoms with Crippen molar-refractivity contribution >= 4 is 21.8 Å². The lowest BCUT2D eigenvalue weighted by atomic mass is 9.70. The Hall–Kier alpha value is -5.97. The van der Waals surface area contributed by atoms with Gasteiger partial charge in [-0.1, -0.05) is 91.0 Å². The van der Waals surface area contributed by atoms with Gasteiger partial charge in [-0.05, 0) is 74.8 Å². The lowest BCUT2D eigenvalue weighted by Crippen LogP contribution is -2.25. The van der Waals surface area contributed by atoms with Gasteiger partial charge in [0.2, 0.25) is 0 Å². The van der Waals surface area contributed by atoms with E-state index in [9.17, 15) is 10.5 Å². The van der Waals surface area contributed by atoms with Crippen LogP contribution in [0.25, 0.3) is 49.7 Å². The number of nitrogens with zero attached hydrogens (tertiary/aromatic N) is 3. The standard InChI is InChI=1S/C39H20FN3/c40-38-23(21-41)17-18-36(30(38)22-42)43-35-16-8-4-12-27(35)29-19-28-26-11-3-7-15-33(26)39(34(28)20-37(29)43)31-13-5-1-9-24(31)25-10-2-6-14-32(25)39/h1-20H. The minimum absolute atomic E-state index is 0.142. The largest absolute Gasteiger partial charge is 0.308 e. The lowest BCUT2D eigenvalue weighted by Gasteiger charge is -2.30. The van der Waals surface area contributed by atoms with Crippen LogP contribution in [0, 0.1) is 28.5 Å². The molecule has 4 heteroatoms. The summed E-state index contributed by atoms with van der Waals surface area (Å²) in [5.41, 5.74) is 11.1. The van der Waals surface area contributed by atoms with Gasteiger partial charge in [0.05, 0.1) is 27.7 Å². The zero-order chi connectivity index (χ0) is 28.9. The second-order valence-electron chi connectivity index (χ2n) is 11.2. The molecule has 198 valence electrons. The first kappa shape index (κ1) is 23.7. The molecule has 1 heterocycles. The van der Waals surface area contributed by atoms with Crippen LogP contribution in [0.3, 0.4) is 0 Å². The topological polar surface area (TPSA) is 52.5 Å². The second kappa shape index (κ2) is 8.29. The second-order valence-corrected chi connectivity index (χ2v) is 11.2. The van der Waals surface area contributed by atoms with Crippen molar-refractivity contribution in [2.45, 2.75) is 5.41 Å². The lowest BCUT2D eigenvalue weighted by molar-refractivity contribution is 0.619. The summed E-state index contributed by atoms with van der Waals surface area (Å²) in [5, 5.41) is 21.6. The van der Waals surface area contributed by atoms with Crippen molar-refractivity contribution in [1.29, 1.82) is 10.5 Å². The minimum atomic E-state index is -0.794. The number of hydrogen-bond donors (Lipinski definition) is 0. The third-order valence-corrected chi connectivity index (χ3v) is 9.38. The quantitative estimate of drug-likeness (QED) is 0.205. The minimum Gasteiger partial charge on any atom is -0.308 e. The third kappa shape index (κ3) is 2.76. The Labute approximate surface area is 246 Å². The number of halogens is 1. The maximum atomic E-state index is 15.4. The summed E-state index contributed by atoms with van der Waals surface area (Å²) >= 11 is 0. The molecular formula is C39H20FN3. The zero-order valence-corrected chi connectivity index (χ0v) is 22.8. The summed E-state index contributed by atoms with van der Waals surface area (Å²) < 4.78 is 17.4. The van der Waals surface area contributed by atoms with Crippen molar-refractivity contribution in [3.8, 4) is 40.1 Å². The van der Waals surface area contributed by atoms with E-state index in [0.29, 0.717) is 5.69 Å². The van der Waals surface area contributed by atoms with Crippen LogP contribution in [0.2, 0.25) is 0 Å². The average molecular weight is 550 g/mol. The first-order valence-electron chi connectivity index (χ1n) is 14.2. The van der Waals surface area contributed by atoms with Crippen molar-refractivity contribution in [1.82, 2.24) is 4.57 Å². The van der Waals surface area contributed by atoms with E-state index in [-0.39, 0.29) is 11.1 Å². The van der Waals surface area contributed by atoms with Gasteiger partial charge in [-0.2, -0.15) is 10.5 Å². The van der Waals surface area contributed by atoms with Crippen LogP contribution in [-0.2, 0) is 5.41 Å². The van der Waals surface area contributed by atoms with Gasteiger partial charge in [0.25, 0.3) is 0 Å². The Morgan fingerprint density at radius 1 is 0.535 bits per heavy atom. The highest BCUT2D eigenvalue weighted by Gasteiger charge is 2.51. The summed E-state index contributed by atoms with van der Waals surface area (Å²) in [5.74, 6) is -0.794. The highest BCUT2D eigenvalue weighted by molar-refractivity contribution is 6.12. The predicted molar refractivity (Wildman–Crippen MR) is 166 cm³/mol. The van der Waals surface area contributed by atoms with E-state index >= 15 is 4.39 Å². The van der Waals surface area contributed by atoms with Gasteiger partial charge in [0.15, 0.2) is 5.82 Å². The maximum absolute atomic E-state index is 15.4. The Morgan fingerprint density at radius 2 is 1.12 bits per heavy atom. The van der Waals surface area contributed by atoms with E-state index in [1.165, 1.54) is 45.0 Å². The van der Waals surface area contributed by atoms with E-state index in [1.54, 1.807) is 6.07 Å². The fraction of sp³-hybridized carbons (Fsp3) is 0.0256. The van der Waals surface area contributed by atoms with Gasteiger partial charge in [-0.3, -0.25) is 0 Å². The molecule has 0 saturated heterocycles. The fourth-order valence-corrected chi connectivity index (χ4v) is 7.76. The van der Waals surface area contributed by atoms with E-state index in [1.807, 2.05) is 28.8 Å². The number of aromatic nitrogens is 1. The molecular weight excluding hydrogens is 529 g/mol. The smallest absolute Gasteiger partial charge is 0.160 e. The van der Waals surface area contributed by atoms with E-state index in [0.717, 1.165) is 27.4 Å². The molecule has 6 aromatic carbocycles. The molecule has 0 saturated carbocycles. The molecule has 0 aliphatic heterocycles. The Kier molecular flexibility index (Phi) is 4.57. The van der Waals surface area contributed by atoms with E-state index in [2.05, 4.69) is 97.1 Å². The fourth-order valence-electron chi connectivity index (χ4n) is 7.76. The Morgan fingerprint density at radius 3 is 1.74 bits per heavy atom. The molecule has 43 heavy (non-hydrogen) atoms. The van der Waals surface area contributed by atoms with Crippen LogP contribution >= 0.6 is 0 Å². The molecule has 0 atom stereocenters. The number of benzene rings is 6. The Balaban J connectivity index is 1.48. The molecule has 0 unspecified atom stereocenters. The molecule has 0 N–H and O–H groups in total. The van der Waals surface area contributed by atoms with Gasteiger partial charge in [-0.25, -0.2) is 4.39 Å². The molecule has 3 nitrogen and oxygen atoms in total. The third-order valence-electron chi connectivity index (χ3n) is 9.38. The predicted octanol–water partition coefficient (Wildman–Crippen LogP) is 9.01. The van der Waals surface area contributed by atoms with E-state index < -0.39 is 11.2 Å². The van der Waals surface area contributed by atoms with Crippen LogP contribution < -0.4 is 0 Å². The van der Waals surface area contributed by atoms with Crippen LogP contribution in [0.4, 0.5) is 4.39 Å². The average Bonchev–Trinajstić information content (AvgIpc) is 3.65.